The summed E-state index contributed by atoms with van der Waals surface area (Å²) in [7, 11) is 0. The van der Waals surface area contributed by atoms with Gasteiger partial charge in [-0.1, -0.05) is 182 Å². The summed E-state index contributed by atoms with van der Waals surface area (Å²) in [5, 5.41) is 0. The molecule has 0 aliphatic heterocycles. The summed E-state index contributed by atoms with van der Waals surface area (Å²) in [5.41, 5.74) is 15.4. The van der Waals surface area contributed by atoms with Gasteiger partial charge in [-0.15, -0.1) is 0 Å². The Bertz CT molecular complexity index is 2280. The lowest BCUT2D eigenvalue weighted by molar-refractivity contribution is 1.28. The number of para-hydroxylation sites is 1. The van der Waals surface area contributed by atoms with Crippen molar-refractivity contribution < 1.29 is 0 Å². The first-order valence-electron chi connectivity index (χ1n) is 16.8. The second-order valence-electron chi connectivity index (χ2n) is 12.1. The molecule has 0 atom stereocenters. The van der Waals surface area contributed by atoms with Crippen LogP contribution in [0.1, 0.15) is 0 Å². The van der Waals surface area contributed by atoms with Crippen molar-refractivity contribution in [1.82, 2.24) is 0 Å². The van der Waals surface area contributed by atoms with E-state index >= 15 is 0 Å². The van der Waals surface area contributed by atoms with Crippen LogP contribution in [0.3, 0.4) is 0 Å². The van der Waals surface area contributed by atoms with Crippen LogP contribution in [-0.4, -0.2) is 0 Å². The lowest BCUT2D eigenvalue weighted by Crippen LogP contribution is -2.11. The van der Waals surface area contributed by atoms with Crippen molar-refractivity contribution in [2.75, 3.05) is 4.90 Å². The summed E-state index contributed by atoms with van der Waals surface area (Å²) >= 11 is 0. The van der Waals surface area contributed by atoms with E-state index in [2.05, 4.69) is 217 Å². The zero-order valence-electron chi connectivity index (χ0n) is 27.2. The Morgan fingerprint density at radius 3 is 1.10 bits per heavy atom. The molecule has 0 heterocycles. The van der Waals surface area contributed by atoms with Crippen molar-refractivity contribution in [3.05, 3.63) is 212 Å². The molecule has 0 aliphatic rings. The van der Waals surface area contributed by atoms with Crippen LogP contribution in [-0.2, 0) is 0 Å². The molecule has 0 amide bonds. The molecule has 0 spiro atoms. The van der Waals surface area contributed by atoms with Crippen molar-refractivity contribution in [2.24, 2.45) is 0 Å². The fourth-order valence-corrected chi connectivity index (χ4v) is 6.75. The van der Waals surface area contributed by atoms with Gasteiger partial charge in [0.1, 0.15) is 0 Å². The monoisotopic (exact) mass is 625 g/mol. The molecule has 0 saturated carbocycles. The number of benzene rings is 8. The second kappa shape index (κ2) is 13.7. The molecule has 0 saturated heterocycles. The molecule has 0 unspecified atom stereocenters. The van der Waals surface area contributed by atoms with Gasteiger partial charge in [-0.25, -0.2) is 0 Å². The van der Waals surface area contributed by atoms with Crippen molar-refractivity contribution in [3.8, 4) is 55.6 Å². The summed E-state index contributed by atoms with van der Waals surface area (Å²) in [6.45, 7) is 0. The van der Waals surface area contributed by atoms with E-state index in [1.165, 1.54) is 55.6 Å². The van der Waals surface area contributed by atoms with E-state index in [1.807, 2.05) is 0 Å². The molecule has 232 valence electrons. The molecule has 8 rings (SSSR count). The fourth-order valence-electron chi connectivity index (χ4n) is 6.75. The molecule has 1 nitrogen and oxygen atoms in total. The van der Waals surface area contributed by atoms with Gasteiger partial charge in [-0.3, -0.25) is 0 Å². The summed E-state index contributed by atoms with van der Waals surface area (Å²) < 4.78 is 0. The minimum absolute atomic E-state index is 1.10. The maximum atomic E-state index is 2.37. The van der Waals surface area contributed by atoms with Crippen LogP contribution in [0.2, 0.25) is 0 Å². The third kappa shape index (κ3) is 6.18. The van der Waals surface area contributed by atoms with E-state index < -0.39 is 0 Å². The van der Waals surface area contributed by atoms with Gasteiger partial charge in [0.25, 0.3) is 0 Å². The van der Waals surface area contributed by atoms with Crippen LogP contribution < -0.4 is 4.90 Å². The van der Waals surface area contributed by atoms with Crippen molar-refractivity contribution in [3.63, 3.8) is 0 Å². The molecule has 0 fully saturated rings. The molecule has 0 aromatic heterocycles. The number of rotatable bonds is 8. The van der Waals surface area contributed by atoms with E-state index in [4.69, 9.17) is 0 Å². The molecular formula is C48H35N. The number of hydrogen-bond acceptors (Lipinski definition) is 1. The van der Waals surface area contributed by atoms with Gasteiger partial charge in [0, 0.05) is 16.9 Å². The molecule has 1 heteroatoms. The molecule has 0 N–H and O–H groups in total. The third-order valence-electron chi connectivity index (χ3n) is 9.11. The van der Waals surface area contributed by atoms with Gasteiger partial charge in [0.2, 0.25) is 0 Å². The molecule has 0 radical (unpaired) electrons. The minimum Gasteiger partial charge on any atom is -0.310 e. The van der Waals surface area contributed by atoms with Gasteiger partial charge in [0.05, 0.1) is 5.69 Å². The Morgan fingerprint density at radius 1 is 0.224 bits per heavy atom. The van der Waals surface area contributed by atoms with Gasteiger partial charge in [-0.05, 0) is 80.4 Å². The predicted octanol–water partition coefficient (Wildman–Crippen LogP) is 13.5. The maximum absolute atomic E-state index is 2.37. The standard InChI is InChI=1S/C48H35N/c1-5-16-36(17-6-1)37-28-32-42(33-29-37)49(47-27-14-13-24-44(47)38-18-7-2-8-19-38)43-34-30-40(31-35-43)46-26-15-25-45(39-20-9-3-10-21-39)48(46)41-22-11-4-12-23-41/h1-35H. The molecular weight excluding hydrogens is 591 g/mol. The third-order valence-corrected chi connectivity index (χ3v) is 9.11. The Morgan fingerprint density at radius 2 is 0.571 bits per heavy atom. The molecule has 8 aromatic carbocycles. The Kier molecular flexibility index (Phi) is 8.39. The highest BCUT2D eigenvalue weighted by molar-refractivity contribution is 5.95. The minimum atomic E-state index is 1.10. The topological polar surface area (TPSA) is 3.24 Å². The largest absolute Gasteiger partial charge is 0.310 e. The van der Waals surface area contributed by atoms with E-state index in [1.54, 1.807) is 0 Å². The number of anilines is 3. The number of nitrogens with zero attached hydrogens (tertiary/aromatic N) is 1. The first-order valence-corrected chi connectivity index (χ1v) is 16.8. The predicted molar refractivity (Wildman–Crippen MR) is 208 cm³/mol. The Balaban J connectivity index is 1.26. The Labute approximate surface area is 289 Å². The normalized spacial score (nSPS) is 10.9. The van der Waals surface area contributed by atoms with Crippen LogP contribution in [0.5, 0.6) is 0 Å². The zero-order chi connectivity index (χ0) is 32.8. The average Bonchev–Trinajstić information content (AvgIpc) is 3.20. The van der Waals surface area contributed by atoms with E-state index in [-0.39, 0.29) is 0 Å². The second-order valence-corrected chi connectivity index (χ2v) is 12.1. The van der Waals surface area contributed by atoms with Gasteiger partial charge < -0.3 is 4.90 Å². The van der Waals surface area contributed by atoms with Gasteiger partial charge >= 0.3 is 0 Å². The smallest absolute Gasteiger partial charge is 0.0540 e. The van der Waals surface area contributed by atoms with Crippen LogP contribution in [0.25, 0.3) is 55.6 Å². The Hall–Kier alpha value is -6.44. The first-order chi connectivity index (χ1) is 24.3. The van der Waals surface area contributed by atoms with Gasteiger partial charge in [-0.2, -0.15) is 0 Å². The van der Waals surface area contributed by atoms with E-state index in [0.717, 1.165) is 17.1 Å². The highest BCUT2D eigenvalue weighted by Crippen LogP contribution is 2.44. The van der Waals surface area contributed by atoms with E-state index in [9.17, 15) is 0 Å². The molecule has 49 heavy (non-hydrogen) atoms. The quantitative estimate of drug-likeness (QED) is 0.162. The molecule has 0 aliphatic carbocycles. The zero-order valence-corrected chi connectivity index (χ0v) is 27.2. The maximum Gasteiger partial charge on any atom is 0.0540 e. The summed E-state index contributed by atoms with van der Waals surface area (Å²) in [4.78, 5) is 2.37. The molecule has 0 bridgehead atoms. The lowest BCUT2D eigenvalue weighted by atomic mass is 9.87. The van der Waals surface area contributed by atoms with Crippen LogP contribution >= 0.6 is 0 Å². The van der Waals surface area contributed by atoms with Crippen LogP contribution in [0, 0.1) is 0 Å². The van der Waals surface area contributed by atoms with Crippen molar-refractivity contribution in [1.29, 1.82) is 0 Å². The van der Waals surface area contributed by atoms with Crippen LogP contribution in [0.15, 0.2) is 212 Å². The van der Waals surface area contributed by atoms with Crippen molar-refractivity contribution >= 4 is 17.1 Å². The average molecular weight is 626 g/mol. The highest BCUT2D eigenvalue weighted by atomic mass is 15.1. The van der Waals surface area contributed by atoms with Gasteiger partial charge in [0.15, 0.2) is 0 Å². The molecule has 8 aromatic rings. The van der Waals surface area contributed by atoms with Crippen molar-refractivity contribution in [2.45, 2.75) is 0 Å². The first kappa shape index (κ1) is 29.9. The van der Waals surface area contributed by atoms with Crippen LogP contribution in [0.4, 0.5) is 17.1 Å². The lowest BCUT2D eigenvalue weighted by Gasteiger charge is -2.28. The fraction of sp³-hybridized carbons (Fsp3) is 0. The number of hydrogen-bond donors (Lipinski definition) is 0. The summed E-state index contributed by atoms with van der Waals surface area (Å²) in [6, 6.07) is 75.9. The highest BCUT2D eigenvalue weighted by Gasteiger charge is 2.19. The van der Waals surface area contributed by atoms with E-state index in [0.29, 0.717) is 0 Å². The summed E-state index contributed by atoms with van der Waals surface area (Å²) in [6.07, 6.45) is 0. The SMILES string of the molecule is c1ccc(-c2ccc(N(c3ccc(-c4cccc(-c5ccccc5)c4-c4ccccc4)cc3)c3ccccc3-c3ccccc3)cc2)cc1. The summed E-state index contributed by atoms with van der Waals surface area (Å²) in [5.74, 6) is 0.